The maximum Gasteiger partial charge on any atom is 0.255 e. The Kier molecular flexibility index (Phi) is 5.69. The molecule has 0 radical (unpaired) electrons. The maximum absolute atomic E-state index is 12.9. The first-order valence-electron chi connectivity index (χ1n) is 8.48. The molecule has 0 saturated carbocycles. The largest absolute Gasteiger partial charge is 0.353 e. The van der Waals surface area contributed by atoms with E-state index in [0.29, 0.717) is 26.2 Å². The average molecular weight is 409 g/mol. The molecule has 2 aromatic rings. The summed E-state index contributed by atoms with van der Waals surface area (Å²) in [7, 11) is -0.744. The lowest BCUT2D eigenvalue weighted by atomic mass is 10.1. The van der Waals surface area contributed by atoms with Gasteiger partial charge >= 0.3 is 0 Å². The third kappa shape index (κ3) is 4.07. The smallest absolute Gasteiger partial charge is 0.255 e. The van der Waals surface area contributed by atoms with Gasteiger partial charge in [-0.25, -0.2) is 17.7 Å². The fraction of sp³-hybridized carbons (Fsp3) is 0.333. The number of pyridine rings is 1. The van der Waals surface area contributed by atoms with Gasteiger partial charge in [-0.2, -0.15) is 0 Å². The molecule has 0 N–H and O–H groups in total. The minimum Gasteiger partial charge on any atom is -0.353 e. The number of benzene rings is 1. The van der Waals surface area contributed by atoms with Gasteiger partial charge in [0, 0.05) is 46.5 Å². The third-order valence-corrected chi connectivity index (χ3v) is 6.63. The highest BCUT2D eigenvalue weighted by atomic mass is 35.5. The van der Waals surface area contributed by atoms with Crippen molar-refractivity contribution in [2.45, 2.75) is 4.90 Å². The van der Waals surface area contributed by atoms with E-state index in [-0.39, 0.29) is 21.4 Å². The first-order valence-corrected chi connectivity index (χ1v) is 10.3. The van der Waals surface area contributed by atoms with Gasteiger partial charge in [-0.15, -0.1) is 0 Å². The van der Waals surface area contributed by atoms with Gasteiger partial charge < -0.3 is 9.80 Å². The minimum atomic E-state index is -3.64. The van der Waals surface area contributed by atoms with Gasteiger partial charge in [0.2, 0.25) is 10.0 Å². The number of halogens is 1. The van der Waals surface area contributed by atoms with E-state index in [4.69, 9.17) is 11.6 Å². The molecule has 9 heteroatoms. The number of anilines is 1. The van der Waals surface area contributed by atoms with Crippen LogP contribution >= 0.6 is 11.6 Å². The number of hydrogen-bond donors (Lipinski definition) is 0. The van der Waals surface area contributed by atoms with Crippen LogP contribution in [0.15, 0.2) is 47.5 Å². The predicted molar refractivity (Wildman–Crippen MR) is 105 cm³/mol. The Hall–Kier alpha value is -2.16. The molecule has 1 aromatic heterocycles. The summed E-state index contributed by atoms with van der Waals surface area (Å²) in [6, 6.07) is 9.94. The van der Waals surface area contributed by atoms with Crippen LogP contribution < -0.4 is 4.90 Å². The van der Waals surface area contributed by atoms with Crippen LogP contribution in [-0.4, -0.2) is 68.8 Å². The zero-order chi connectivity index (χ0) is 19.6. The van der Waals surface area contributed by atoms with Gasteiger partial charge in [-0.05, 0) is 30.3 Å². The van der Waals surface area contributed by atoms with Crippen molar-refractivity contribution >= 4 is 33.3 Å². The predicted octanol–water partition coefficient (Wildman–Crippen LogP) is 1.95. The highest BCUT2D eigenvalue weighted by molar-refractivity contribution is 7.89. The lowest BCUT2D eigenvalue weighted by molar-refractivity contribution is 0.0746. The molecule has 1 aliphatic rings. The Morgan fingerprint density at radius 2 is 1.81 bits per heavy atom. The molecule has 0 aliphatic carbocycles. The van der Waals surface area contributed by atoms with Crippen molar-refractivity contribution in [2.75, 3.05) is 45.2 Å². The van der Waals surface area contributed by atoms with E-state index in [0.717, 1.165) is 10.1 Å². The number of piperazine rings is 1. The molecule has 144 valence electrons. The second-order valence-electron chi connectivity index (χ2n) is 6.40. The fourth-order valence-corrected chi connectivity index (χ4v) is 4.02. The normalized spacial score (nSPS) is 15.3. The minimum absolute atomic E-state index is 0.0485. The highest BCUT2D eigenvalue weighted by Crippen LogP contribution is 2.24. The lowest BCUT2D eigenvalue weighted by Crippen LogP contribution is -2.49. The molecule has 27 heavy (non-hydrogen) atoms. The average Bonchev–Trinajstić information content (AvgIpc) is 2.68. The molecular weight excluding hydrogens is 388 g/mol. The van der Waals surface area contributed by atoms with Gasteiger partial charge in [0.1, 0.15) is 5.82 Å². The summed E-state index contributed by atoms with van der Waals surface area (Å²) in [6.45, 7) is 2.32. The highest BCUT2D eigenvalue weighted by Gasteiger charge is 2.26. The van der Waals surface area contributed by atoms with Crippen molar-refractivity contribution in [1.82, 2.24) is 14.2 Å². The van der Waals surface area contributed by atoms with E-state index in [2.05, 4.69) is 9.88 Å². The van der Waals surface area contributed by atoms with Gasteiger partial charge in [-0.3, -0.25) is 4.79 Å². The maximum atomic E-state index is 12.9. The van der Waals surface area contributed by atoms with Crippen LogP contribution in [0.5, 0.6) is 0 Å². The molecule has 1 aliphatic heterocycles. The van der Waals surface area contributed by atoms with E-state index in [1.54, 1.807) is 11.1 Å². The van der Waals surface area contributed by atoms with Crippen molar-refractivity contribution in [2.24, 2.45) is 0 Å². The molecule has 0 atom stereocenters. The summed E-state index contributed by atoms with van der Waals surface area (Å²) in [5.41, 5.74) is 0.200. The molecule has 1 fully saturated rings. The van der Waals surface area contributed by atoms with Crippen molar-refractivity contribution in [3.05, 3.63) is 53.2 Å². The Balaban J connectivity index is 1.77. The summed E-state index contributed by atoms with van der Waals surface area (Å²) in [4.78, 5) is 21.1. The summed E-state index contributed by atoms with van der Waals surface area (Å²) in [5.74, 6) is 0.609. The Bertz CT molecular complexity index is 927. The quantitative estimate of drug-likeness (QED) is 0.773. The van der Waals surface area contributed by atoms with Gasteiger partial charge in [-0.1, -0.05) is 17.7 Å². The first kappa shape index (κ1) is 19.6. The van der Waals surface area contributed by atoms with Crippen LogP contribution in [0.25, 0.3) is 0 Å². The van der Waals surface area contributed by atoms with Crippen LogP contribution in [-0.2, 0) is 10.0 Å². The van der Waals surface area contributed by atoms with Crippen LogP contribution in [0.1, 0.15) is 10.4 Å². The zero-order valence-electron chi connectivity index (χ0n) is 15.2. The SMILES string of the molecule is CN(C)S(=O)(=O)c1ccc(Cl)c(C(=O)N2CCN(c3ccccn3)CC2)c1. The van der Waals surface area contributed by atoms with Gasteiger partial charge in [0.15, 0.2) is 0 Å². The first-order chi connectivity index (χ1) is 12.8. The Morgan fingerprint density at radius 1 is 1.11 bits per heavy atom. The molecule has 1 aromatic carbocycles. The van der Waals surface area contributed by atoms with Crippen molar-refractivity contribution in [1.29, 1.82) is 0 Å². The monoisotopic (exact) mass is 408 g/mol. The van der Waals surface area contributed by atoms with Crippen molar-refractivity contribution < 1.29 is 13.2 Å². The third-order valence-electron chi connectivity index (χ3n) is 4.49. The van der Waals surface area contributed by atoms with E-state index in [9.17, 15) is 13.2 Å². The second-order valence-corrected chi connectivity index (χ2v) is 8.96. The number of carbonyl (C=O) groups is 1. The number of nitrogens with zero attached hydrogens (tertiary/aromatic N) is 4. The van der Waals surface area contributed by atoms with Crippen LogP contribution in [0.3, 0.4) is 0 Å². The van der Waals surface area contributed by atoms with Crippen LogP contribution in [0, 0.1) is 0 Å². The fourth-order valence-electron chi connectivity index (χ4n) is 2.89. The van der Waals surface area contributed by atoms with E-state index in [1.165, 1.54) is 32.3 Å². The molecular formula is C18H21ClN4O3S. The lowest BCUT2D eigenvalue weighted by Gasteiger charge is -2.35. The molecule has 0 spiro atoms. The Labute approximate surface area is 164 Å². The molecule has 0 unspecified atom stereocenters. The number of aromatic nitrogens is 1. The van der Waals surface area contributed by atoms with Crippen molar-refractivity contribution in [3.63, 3.8) is 0 Å². The van der Waals surface area contributed by atoms with Gasteiger partial charge in [0.25, 0.3) is 5.91 Å². The van der Waals surface area contributed by atoms with E-state index < -0.39 is 10.0 Å². The topological polar surface area (TPSA) is 73.8 Å². The summed E-state index contributed by atoms with van der Waals surface area (Å²) < 4.78 is 25.8. The summed E-state index contributed by atoms with van der Waals surface area (Å²) >= 11 is 6.19. The van der Waals surface area contributed by atoms with E-state index >= 15 is 0 Å². The molecule has 1 amide bonds. The van der Waals surface area contributed by atoms with Crippen LogP contribution in [0.4, 0.5) is 5.82 Å². The van der Waals surface area contributed by atoms with Gasteiger partial charge in [0.05, 0.1) is 15.5 Å². The van der Waals surface area contributed by atoms with Crippen molar-refractivity contribution in [3.8, 4) is 0 Å². The summed E-state index contributed by atoms with van der Waals surface area (Å²) in [6.07, 6.45) is 1.74. The molecule has 3 rings (SSSR count). The number of carbonyl (C=O) groups excluding carboxylic acids is 1. The van der Waals surface area contributed by atoms with Crippen LogP contribution in [0.2, 0.25) is 5.02 Å². The molecule has 1 saturated heterocycles. The second kappa shape index (κ2) is 7.84. The standard InChI is InChI=1S/C18H21ClN4O3S/c1-21(2)27(25,26)14-6-7-16(19)15(13-14)18(24)23-11-9-22(10-12-23)17-5-3-4-8-20-17/h3-8,13H,9-12H2,1-2H3. The summed E-state index contributed by atoms with van der Waals surface area (Å²) in [5, 5.41) is 0.241. The Morgan fingerprint density at radius 3 is 2.41 bits per heavy atom. The number of hydrogen-bond acceptors (Lipinski definition) is 5. The zero-order valence-corrected chi connectivity index (χ0v) is 16.7. The number of rotatable bonds is 4. The molecule has 7 nitrogen and oxygen atoms in total. The molecule has 0 bridgehead atoms. The van der Waals surface area contributed by atoms with E-state index in [1.807, 2.05) is 18.2 Å². The molecule has 2 heterocycles. The number of amides is 1. The number of sulfonamides is 1.